The van der Waals surface area contributed by atoms with Crippen molar-refractivity contribution < 1.29 is 18.7 Å². The molecule has 0 atom stereocenters. The first-order chi connectivity index (χ1) is 6.59. The van der Waals surface area contributed by atoms with Gasteiger partial charge in [-0.1, -0.05) is 6.07 Å². The Morgan fingerprint density at radius 3 is 2.64 bits per heavy atom. The third-order valence-corrected chi connectivity index (χ3v) is 1.59. The van der Waals surface area contributed by atoms with E-state index in [2.05, 4.69) is 5.32 Å². The second-order valence-corrected chi connectivity index (χ2v) is 2.75. The topological polar surface area (TPSA) is 49.3 Å². The zero-order chi connectivity index (χ0) is 10.6. The van der Waals surface area contributed by atoms with Crippen LogP contribution in [-0.4, -0.2) is 17.6 Å². The first-order valence-corrected chi connectivity index (χ1v) is 3.96. The van der Waals surface area contributed by atoms with Crippen LogP contribution in [0, 0.1) is 11.6 Å². The van der Waals surface area contributed by atoms with Crippen LogP contribution in [0.4, 0.5) is 8.78 Å². The maximum atomic E-state index is 12.6. The maximum absolute atomic E-state index is 12.6. The zero-order valence-electron chi connectivity index (χ0n) is 7.26. The lowest BCUT2D eigenvalue weighted by Crippen LogP contribution is -2.21. The molecule has 0 aliphatic heterocycles. The van der Waals surface area contributed by atoms with Gasteiger partial charge in [0, 0.05) is 6.54 Å². The standard InChI is InChI=1S/C9H9F2NO2/c10-7-2-1-6(3-8(7)11)4-12-5-9(13)14/h1-3,12H,4-5H2,(H,13,14). The van der Waals surface area contributed by atoms with E-state index in [0.717, 1.165) is 12.1 Å². The van der Waals surface area contributed by atoms with Crippen molar-refractivity contribution in [3.05, 3.63) is 35.4 Å². The number of rotatable bonds is 4. The van der Waals surface area contributed by atoms with Crippen molar-refractivity contribution in [3.8, 4) is 0 Å². The van der Waals surface area contributed by atoms with Crippen LogP contribution in [0.1, 0.15) is 5.56 Å². The molecule has 0 aromatic heterocycles. The number of aliphatic carboxylic acids is 1. The lowest BCUT2D eigenvalue weighted by molar-refractivity contribution is -0.135. The van der Waals surface area contributed by atoms with Crippen LogP contribution in [0.15, 0.2) is 18.2 Å². The molecule has 0 aliphatic carbocycles. The number of benzene rings is 1. The normalized spacial score (nSPS) is 10.1. The molecule has 0 spiro atoms. The first-order valence-electron chi connectivity index (χ1n) is 3.96. The lowest BCUT2D eigenvalue weighted by Gasteiger charge is -2.02. The molecule has 0 aliphatic rings. The molecule has 0 unspecified atom stereocenters. The summed E-state index contributed by atoms with van der Waals surface area (Å²) in [6.07, 6.45) is 0. The van der Waals surface area contributed by atoms with Gasteiger partial charge in [-0.3, -0.25) is 4.79 Å². The highest BCUT2D eigenvalue weighted by atomic mass is 19.2. The molecule has 0 bridgehead atoms. The Morgan fingerprint density at radius 2 is 2.07 bits per heavy atom. The molecular weight excluding hydrogens is 192 g/mol. The molecule has 0 heterocycles. The Morgan fingerprint density at radius 1 is 1.36 bits per heavy atom. The van der Waals surface area contributed by atoms with Crippen LogP contribution in [0.5, 0.6) is 0 Å². The van der Waals surface area contributed by atoms with Crippen LogP contribution in [-0.2, 0) is 11.3 Å². The third-order valence-electron chi connectivity index (χ3n) is 1.59. The highest BCUT2D eigenvalue weighted by Gasteiger charge is 2.02. The monoisotopic (exact) mass is 201 g/mol. The minimum absolute atomic E-state index is 0.198. The smallest absolute Gasteiger partial charge is 0.317 e. The summed E-state index contributed by atoms with van der Waals surface area (Å²) in [5.74, 6) is -2.83. The number of halogens is 2. The van der Waals surface area contributed by atoms with Gasteiger partial charge in [-0.05, 0) is 17.7 Å². The minimum Gasteiger partial charge on any atom is -0.480 e. The summed E-state index contributed by atoms with van der Waals surface area (Å²) in [7, 11) is 0. The third kappa shape index (κ3) is 3.10. The quantitative estimate of drug-likeness (QED) is 0.767. The van der Waals surface area contributed by atoms with E-state index in [1.54, 1.807) is 0 Å². The van der Waals surface area contributed by atoms with E-state index in [0.29, 0.717) is 5.56 Å². The van der Waals surface area contributed by atoms with Gasteiger partial charge in [0.1, 0.15) is 0 Å². The molecule has 0 radical (unpaired) electrons. The maximum Gasteiger partial charge on any atom is 0.317 e. The van der Waals surface area contributed by atoms with Gasteiger partial charge < -0.3 is 10.4 Å². The summed E-state index contributed by atoms with van der Waals surface area (Å²) >= 11 is 0. The van der Waals surface area contributed by atoms with Crippen molar-refractivity contribution in [2.45, 2.75) is 6.54 Å². The molecule has 76 valence electrons. The van der Waals surface area contributed by atoms with E-state index in [1.165, 1.54) is 6.07 Å². The average Bonchev–Trinajstić information content (AvgIpc) is 2.10. The van der Waals surface area contributed by atoms with Crippen molar-refractivity contribution in [2.24, 2.45) is 0 Å². The van der Waals surface area contributed by atoms with Crippen LogP contribution in [0.3, 0.4) is 0 Å². The Balaban J connectivity index is 2.51. The highest BCUT2D eigenvalue weighted by Crippen LogP contribution is 2.07. The second kappa shape index (κ2) is 4.66. The molecule has 0 fully saturated rings. The number of hydrogen-bond acceptors (Lipinski definition) is 2. The van der Waals surface area contributed by atoms with E-state index >= 15 is 0 Å². The summed E-state index contributed by atoms with van der Waals surface area (Å²) in [5.41, 5.74) is 0.505. The number of carboxylic acids is 1. The fraction of sp³-hybridized carbons (Fsp3) is 0.222. The fourth-order valence-electron chi connectivity index (χ4n) is 0.963. The molecule has 1 rings (SSSR count). The number of carbonyl (C=O) groups is 1. The summed E-state index contributed by atoms with van der Waals surface area (Å²) in [6.45, 7) is -0.0114. The SMILES string of the molecule is O=C(O)CNCc1ccc(F)c(F)c1. The molecule has 2 N–H and O–H groups in total. The summed E-state index contributed by atoms with van der Waals surface area (Å²) in [5, 5.41) is 10.9. The van der Waals surface area contributed by atoms with Crippen molar-refractivity contribution >= 4 is 5.97 Å². The van der Waals surface area contributed by atoms with Gasteiger partial charge in [-0.2, -0.15) is 0 Å². The highest BCUT2D eigenvalue weighted by molar-refractivity contribution is 5.68. The molecule has 0 saturated carbocycles. The lowest BCUT2D eigenvalue weighted by atomic mass is 10.2. The average molecular weight is 201 g/mol. The van der Waals surface area contributed by atoms with Crippen molar-refractivity contribution in [3.63, 3.8) is 0 Å². The van der Waals surface area contributed by atoms with E-state index in [1.807, 2.05) is 0 Å². The van der Waals surface area contributed by atoms with Gasteiger partial charge >= 0.3 is 5.97 Å². The van der Waals surface area contributed by atoms with Crippen LogP contribution >= 0.6 is 0 Å². The summed E-state index contributed by atoms with van der Waals surface area (Å²) in [4.78, 5) is 10.1. The van der Waals surface area contributed by atoms with E-state index < -0.39 is 17.6 Å². The van der Waals surface area contributed by atoms with Crippen molar-refractivity contribution in [1.29, 1.82) is 0 Å². The molecule has 3 nitrogen and oxygen atoms in total. The van der Waals surface area contributed by atoms with Crippen LogP contribution in [0.2, 0.25) is 0 Å². The first kappa shape index (κ1) is 10.6. The number of carboxylic acid groups (broad SMARTS) is 1. The van der Waals surface area contributed by atoms with Gasteiger partial charge in [-0.15, -0.1) is 0 Å². The molecule has 1 aromatic carbocycles. The Labute approximate surface area is 79.4 Å². The molecule has 0 saturated heterocycles. The predicted molar refractivity (Wildman–Crippen MR) is 45.7 cm³/mol. The van der Waals surface area contributed by atoms with Gasteiger partial charge in [0.25, 0.3) is 0 Å². The Kier molecular flexibility index (Phi) is 3.53. The van der Waals surface area contributed by atoms with E-state index in [9.17, 15) is 13.6 Å². The van der Waals surface area contributed by atoms with Gasteiger partial charge in [0.05, 0.1) is 6.54 Å². The van der Waals surface area contributed by atoms with Gasteiger partial charge in [0.2, 0.25) is 0 Å². The molecule has 14 heavy (non-hydrogen) atoms. The molecule has 5 heteroatoms. The minimum atomic E-state index is -0.993. The largest absolute Gasteiger partial charge is 0.480 e. The summed E-state index contributed by atoms with van der Waals surface area (Å²) < 4.78 is 25.1. The van der Waals surface area contributed by atoms with E-state index in [-0.39, 0.29) is 13.1 Å². The Bertz CT molecular complexity index is 342. The van der Waals surface area contributed by atoms with Gasteiger partial charge in [-0.25, -0.2) is 8.78 Å². The fourth-order valence-corrected chi connectivity index (χ4v) is 0.963. The Hall–Kier alpha value is -1.49. The van der Waals surface area contributed by atoms with Crippen molar-refractivity contribution in [1.82, 2.24) is 5.32 Å². The van der Waals surface area contributed by atoms with Crippen LogP contribution in [0.25, 0.3) is 0 Å². The second-order valence-electron chi connectivity index (χ2n) is 2.75. The summed E-state index contributed by atoms with van der Waals surface area (Å²) in [6, 6.07) is 3.44. The number of hydrogen-bond donors (Lipinski definition) is 2. The predicted octanol–water partition coefficient (Wildman–Crippen LogP) is 1.14. The number of nitrogens with one attached hydrogen (secondary N) is 1. The van der Waals surface area contributed by atoms with Crippen molar-refractivity contribution in [2.75, 3.05) is 6.54 Å². The molecule has 0 amide bonds. The zero-order valence-corrected chi connectivity index (χ0v) is 7.26. The molecular formula is C9H9F2NO2. The van der Waals surface area contributed by atoms with E-state index in [4.69, 9.17) is 5.11 Å². The molecule has 1 aromatic rings. The van der Waals surface area contributed by atoms with Crippen LogP contribution < -0.4 is 5.32 Å². The van der Waals surface area contributed by atoms with Gasteiger partial charge in [0.15, 0.2) is 11.6 Å².